The van der Waals surface area contributed by atoms with Crippen LogP contribution in [-0.2, 0) is 66.1 Å². The van der Waals surface area contributed by atoms with E-state index >= 15 is 0 Å². The van der Waals surface area contributed by atoms with Crippen molar-refractivity contribution in [3.8, 4) is 0 Å². The highest BCUT2D eigenvalue weighted by atomic mass is 28.4. The fourth-order valence-electron chi connectivity index (χ4n) is 9.32. The number of carbonyl (C=O) groups is 2. The number of hydrogen-bond acceptors (Lipinski definition) is 16. The van der Waals surface area contributed by atoms with Crippen molar-refractivity contribution >= 4 is 20.3 Å². The maximum Gasteiger partial charge on any atom is 0.308 e. The van der Waals surface area contributed by atoms with Gasteiger partial charge in [-0.1, -0.05) is 65.8 Å². The van der Waals surface area contributed by atoms with Crippen molar-refractivity contribution in [2.24, 2.45) is 17.8 Å². The molecule has 396 valence electrons. The van der Waals surface area contributed by atoms with Gasteiger partial charge in [-0.15, -0.1) is 0 Å². The van der Waals surface area contributed by atoms with Crippen LogP contribution >= 0.6 is 0 Å². The highest BCUT2D eigenvalue weighted by molar-refractivity contribution is 6.74. The number of ether oxygens (including phenoxy) is 11. The van der Waals surface area contributed by atoms with Gasteiger partial charge < -0.3 is 66.5 Å². The second-order valence-electron chi connectivity index (χ2n) is 21.7. The van der Waals surface area contributed by atoms with Crippen LogP contribution in [0.4, 0.5) is 0 Å². The van der Waals surface area contributed by atoms with Crippen molar-refractivity contribution in [1.29, 1.82) is 0 Å². The number of cyclic esters (lactones) is 1. The Hall–Kier alpha value is -1.84. The molecule has 0 aromatic rings. The largest absolute Gasteiger partial charge is 0.462 e. The Morgan fingerprint density at radius 3 is 2.18 bits per heavy atom. The van der Waals surface area contributed by atoms with E-state index in [1.807, 2.05) is 64.9 Å². The van der Waals surface area contributed by atoms with Gasteiger partial charge in [0.15, 0.2) is 33.3 Å². The molecule has 0 bridgehead atoms. The Bertz CT molecular complexity index is 1570. The van der Waals surface area contributed by atoms with E-state index in [1.54, 1.807) is 21.3 Å². The summed E-state index contributed by atoms with van der Waals surface area (Å²) in [5.41, 5.74) is -0.729. The Balaban J connectivity index is 2.17. The van der Waals surface area contributed by atoms with E-state index in [-0.39, 0.29) is 42.1 Å². The fraction of sp³-hybridized carbons (Fsp3) is 0.882. The zero-order valence-corrected chi connectivity index (χ0v) is 46.2. The first-order valence-corrected chi connectivity index (χ1v) is 27.7. The zero-order chi connectivity index (χ0) is 51.3. The van der Waals surface area contributed by atoms with Crippen molar-refractivity contribution in [1.82, 2.24) is 4.90 Å². The quantitative estimate of drug-likeness (QED) is 0.0810. The van der Waals surface area contributed by atoms with E-state index < -0.39 is 99.4 Å². The Morgan fingerprint density at radius 1 is 0.956 bits per heavy atom. The molecular weight excluding hydrogens is 895 g/mol. The normalized spacial score (nSPS) is 37.3. The minimum absolute atomic E-state index is 0.0709. The molecular formula is C51H93NO15Si. The van der Waals surface area contributed by atoms with Crippen LogP contribution in [0.15, 0.2) is 24.3 Å². The lowest BCUT2D eigenvalue weighted by Crippen LogP contribution is -2.66. The molecule has 3 rings (SSSR count). The fourth-order valence-corrected chi connectivity index (χ4v) is 10.7. The number of methoxy groups -OCH3 is 4. The van der Waals surface area contributed by atoms with E-state index in [0.29, 0.717) is 31.8 Å². The molecule has 0 amide bonds. The van der Waals surface area contributed by atoms with Crippen LogP contribution in [0.5, 0.6) is 0 Å². The molecule has 3 aliphatic rings. The number of aliphatic hydroxyl groups excluding tert-OH is 1. The number of aliphatic hydroxyl groups is 1. The summed E-state index contributed by atoms with van der Waals surface area (Å²) in [4.78, 5) is 28.5. The molecule has 68 heavy (non-hydrogen) atoms. The molecule has 16 nitrogen and oxygen atoms in total. The molecule has 0 saturated carbocycles. The number of rotatable bonds is 18. The zero-order valence-electron chi connectivity index (χ0n) is 45.2. The Kier molecular flexibility index (Phi) is 24.3. The van der Waals surface area contributed by atoms with Crippen molar-refractivity contribution in [3.05, 3.63) is 24.3 Å². The summed E-state index contributed by atoms with van der Waals surface area (Å²) >= 11 is 0. The molecule has 0 unspecified atom stereocenters. The van der Waals surface area contributed by atoms with Crippen LogP contribution in [0.2, 0.25) is 18.1 Å². The van der Waals surface area contributed by atoms with Gasteiger partial charge in [0.25, 0.3) is 0 Å². The maximum absolute atomic E-state index is 13.4. The molecule has 16 atom stereocenters. The third-order valence-corrected chi connectivity index (χ3v) is 18.8. The van der Waals surface area contributed by atoms with Gasteiger partial charge in [0.1, 0.15) is 24.4 Å². The summed E-state index contributed by atoms with van der Waals surface area (Å²) < 4.78 is 76.9. The third-order valence-electron chi connectivity index (χ3n) is 14.3. The molecule has 0 spiro atoms. The third kappa shape index (κ3) is 17.1. The molecule has 1 N–H and O–H groups in total. The Morgan fingerprint density at radius 2 is 1.62 bits per heavy atom. The van der Waals surface area contributed by atoms with Gasteiger partial charge in [0.2, 0.25) is 0 Å². The molecule has 3 aliphatic heterocycles. The van der Waals surface area contributed by atoms with Crippen LogP contribution in [0.1, 0.15) is 115 Å². The molecule has 0 aliphatic carbocycles. The first kappa shape index (κ1) is 60.5. The van der Waals surface area contributed by atoms with Crippen LogP contribution in [0.3, 0.4) is 0 Å². The van der Waals surface area contributed by atoms with Crippen LogP contribution in [0.25, 0.3) is 0 Å². The lowest BCUT2D eigenvalue weighted by Gasteiger charge is -2.51. The first-order valence-electron chi connectivity index (χ1n) is 24.8. The molecule has 0 aromatic heterocycles. The van der Waals surface area contributed by atoms with E-state index in [2.05, 4.69) is 60.7 Å². The lowest BCUT2D eigenvalue weighted by molar-refractivity contribution is -0.348. The second kappa shape index (κ2) is 27.3. The number of carbonyl (C=O) groups excluding carboxylic acids is 2. The van der Waals surface area contributed by atoms with Gasteiger partial charge in [-0.25, -0.2) is 0 Å². The molecule has 3 heterocycles. The van der Waals surface area contributed by atoms with Crippen LogP contribution < -0.4 is 0 Å². The summed E-state index contributed by atoms with van der Waals surface area (Å²) in [6, 6.07) is -0.627. The minimum atomic E-state index is -2.31. The Labute approximate surface area is 410 Å². The van der Waals surface area contributed by atoms with Crippen molar-refractivity contribution < 1.29 is 71.2 Å². The topological polar surface area (TPSA) is 168 Å². The summed E-state index contributed by atoms with van der Waals surface area (Å²) in [5.74, 6) is -1.28. The second-order valence-corrected chi connectivity index (χ2v) is 26.4. The van der Waals surface area contributed by atoms with Crippen molar-refractivity contribution in [2.45, 2.75) is 224 Å². The molecule has 0 aromatic carbocycles. The average molecular weight is 988 g/mol. The number of esters is 2. The van der Waals surface area contributed by atoms with Gasteiger partial charge >= 0.3 is 11.9 Å². The maximum atomic E-state index is 13.4. The summed E-state index contributed by atoms with van der Waals surface area (Å²) in [7, 11) is 7.73. The first-order chi connectivity index (χ1) is 31.7. The highest BCUT2D eigenvalue weighted by Crippen LogP contribution is 2.42. The molecule has 2 saturated heterocycles. The lowest BCUT2D eigenvalue weighted by atomic mass is 9.82. The number of hydrogen-bond donors (Lipinski definition) is 1. The van der Waals surface area contributed by atoms with Gasteiger partial charge in [-0.05, 0) is 90.5 Å². The summed E-state index contributed by atoms with van der Waals surface area (Å²) in [6.07, 6.45) is 0.0780. The predicted molar refractivity (Wildman–Crippen MR) is 262 cm³/mol. The highest BCUT2D eigenvalue weighted by Gasteiger charge is 2.54. The van der Waals surface area contributed by atoms with E-state index in [9.17, 15) is 14.7 Å². The summed E-state index contributed by atoms with van der Waals surface area (Å²) in [6.45, 7) is 27.1. The van der Waals surface area contributed by atoms with Crippen LogP contribution in [0, 0.1) is 17.8 Å². The predicted octanol–water partition coefficient (Wildman–Crippen LogP) is 7.59. The van der Waals surface area contributed by atoms with E-state index in [1.165, 1.54) is 14.0 Å². The van der Waals surface area contributed by atoms with Crippen molar-refractivity contribution in [3.63, 3.8) is 0 Å². The minimum Gasteiger partial charge on any atom is -0.462 e. The smallest absolute Gasteiger partial charge is 0.308 e. The van der Waals surface area contributed by atoms with Crippen molar-refractivity contribution in [2.75, 3.05) is 49.1 Å². The van der Waals surface area contributed by atoms with Gasteiger partial charge in [-0.2, -0.15) is 0 Å². The standard InChI is InChI=1S/C51H93NO15Si/c1-31(2)25-26-60-48-35(6)62-42(30-51(48,11)59-17)65-44-34(5)63-49(47(64-36(7)53)43(44)52(12)13)66-45-37(28-41(56-14)57-15)27-32(3)39(67-68(18,19)50(8,9)10)24-22-20-21-23-33(4)61-40(55)29-38(54)46(45)58-16/h20-22,24,31-35,37-39,41-49,54H,23,25-30H2,1-19H3/b21-20+,24-22+/t32-,33-,34-,35+,37-,38-,39+,42+,43+,44-,45+,46+,47-,48+,49+,51-/m1/s1. The SMILES string of the molecule is COC(C[C@H]1C[C@@H](C)[C@@H](O[Si](C)(C)C(C)(C)C)/C=C/C=C/C[C@@H](C)OC(=O)C[C@@H](O)[C@H](OC)[C@H]1O[C@@H]1O[C@H](C)[C@@H](O[C@H]2C[C@@](C)(OC)[C@@H](OCCC(C)C)[C@H](C)O2)[C@H](N(C)C)[C@H]1OC(C)=O)OC. The monoisotopic (exact) mass is 988 g/mol. The number of nitrogens with zero attached hydrogens (tertiary/aromatic N) is 1. The van der Waals surface area contributed by atoms with Gasteiger partial charge in [0, 0.05) is 61.2 Å². The summed E-state index contributed by atoms with van der Waals surface area (Å²) in [5, 5.41) is 12.0. The average Bonchev–Trinajstić information content (AvgIpc) is 3.22. The molecule has 17 heteroatoms. The van der Waals surface area contributed by atoms with E-state index in [0.717, 1.165) is 6.42 Å². The van der Waals surface area contributed by atoms with Crippen LogP contribution in [-0.4, -0.2) is 171 Å². The molecule has 0 radical (unpaired) electrons. The number of allylic oxidation sites excluding steroid dienone is 2. The van der Waals surface area contributed by atoms with Gasteiger partial charge in [-0.3, -0.25) is 9.59 Å². The van der Waals surface area contributed by atoms with E-state index in [4.69, 9.17) is 56.5 Å². The molecule has 2 fully saturated rings. The van der Waals surface area contributed by atoms with Gasteiger partial charge in [0.05, 0.1) is 48.6 Å². The number of likely N-dealkylation sites (N-methyl/N-ethyl adjacent to an activating group) is 1.